The van der Waals surface area contributed by atoms with E-state index in [-0.39, 0.29) is 11.0 Å². The zero-order valence-electron chi connectivity index (χ0n) is 14.6. The number of halogens is 4. The summed E-state index contributed by atoms with van der Waals surface area (Å²) in [7, 11) is 0. The van der Waals surface area contributed by atoms with Crippen LogP contribution in [0.1, 0.15) is 0 Å². The molecule has 3 aromatic rings. The Kier molecular flexibility index (Phi) is 7.09. The number of amides is 1. The number of carbonyl (C=O) groups excluding carboxylic acids is 1. The maximum absolute atomic E-state index is 12.4. The topological polar surface area (TPSA) is 68.0 Å². The first-order valence-corrected chi connectivity index (χ1v) is 10.5. The highest BCUT2D eigenvalue weighted by Gasteiger charge is 2.27. The Balaban J connectivity index is 1.56. The Labute approximate surface area is 177 Å². The first kappa shape index (κ1) is 21.5. The van der Waals surface area contributed by atoms with Crippen molar-refractivity contribution in [3.8, 4) is 11.5 Å². The quantitative estimate of drug-likeness (QED) is 0.452. The third kappa shape index (κ3) is 6.69. The number of nitrogens with one attached hydrogen (secondary N) is 1. The number of nitrogens with zero attached hydrogens (tertiary/aromatic N) is 2. The second-order valence-electron chi connectivity index (χ2n) is 5.62. The lowest BCUT2D eigenvalue weighted by Gasteiger charge is -2.11. The van der Waals surface area contributed by atoms with Gasteiger partial charge in [-0.2, -0.15) is 13.2 Å². The number of thioether (sulfide) groups is 2. The highest BCUT2D eigenvalue weighted by molar-refractivity contribution is 8.00. The molecule has 152 valence electrons. The van der Waals surface area contributed by atoms with Crippen LogP contribution in [-0.4, -0.2) is 33.8 Å². The van der Waals surface area contributed by atoms with E-state index >= 15 is 0 Å². The molecule has 0 aliphatic carbocycles. The third-order valence-electron chi connectivity index (χ3n) is 3.38. The van der Waals surface area contributed by atoms with E-state index in [1.54, 1.807) is 42.5 Å². The molecule has 0 fully saturated rings. The van der Waals surface area contributed by atoms with Crippen molar-refractivity contribution in [2.24, 2.45) is 0 Å². The van der Waals surface area contributed by atoms with E-state index in [1.807, 2.05) is 0 Å². The second kappa shape index (κ2) is 9.55. The minimum absolute atomic E-state index is 0.0411. The van der Waals surface area contributed by atoms with E-state index in [0.717, 1.165) is 11.8 Å². The van der Waals surface area contributed by atoms with E-state index in [9.17, 15) is 18.0 Å². The van der Waals surface area contributed by atoms with Gasteiger partial charge in [0.15, 0.2) is 0 Å². The van der Waals surface area contributed by atoms with E-state index in [0.29, 0.717) is 38.8 Å². The summed E-state index contributed by atoms with van der Waals surface area (Å²) >= 11 is 7.48. The molecule has 1 amide bonds. The Morgan fingerprint density at radius 2 is 1.79 bits per heavy atom. The highest BCUT2D eigenvalue weighted by Crippen LogP contribution is 2.32. The van der Waals surface area contributed by atoms with Crippen LogP contribution in [0.3, 0.4) is 0 Å². The summed E-state index contributed by atoms with van der Waals surface area (Å²) in [4.78, 5) is 12.5. The Morgan fingerprint density at radius 3 is 2.52 bits per heavy atom. The molecule has 0 bridgehead atoms. The van der Waals surface area contributed by atoms with Gasteiger partial charge in [-0.1, -0.05) is 35.5 Å². The maximum Gasteiger partial charge on any atom is 0.398 e. The molecule has 0 radical (unpaired) electrons. The number of rotatable bonds is 7. The van der Waals surface area contributed by atoms with Crippen molar-refractivity contribution >= 4 is 46.7 Å². The van der Waals surface area contributed by atoms with Gasteiger partial charge < -0.3 is 9.73 Å². The van der Waals surface area contributed by atoms with Crippen molar-refractivity contribution in [1.29, 1.82) is 0 Å². The van der Waals surface area contributed by atoms with Crippen LogP contribution in [0.25, 0.3) is 11.5 Å². The number of para-hydroxylation sites is 1. The maximum atomic E-state index is 12.4. The lowest BCUT2D eigenvalue weighted by molar-refractivity contribution is -0.113. The lowest BCUT2D eigenvalue weighted by Crippen LogP contribution is -2.15. The van der Waals surface area contributed by atoms with Gasteiger partial charge in [0.25, 0.3) is 5.22 Å². The fourth-order valence-corrected chi connectivity index (χ4v) is 3.60. The van der Waals surface area contributed by atoms with Crippen molar-refractivity contribution < 1.29 is 22.4 Å². The number of aromatic nitrogens is 2. The molecule has 0 unspecified atom stereocenters. The number of benzene rings is 2. The SMILES string of the molecule is O=C(CSc1nnc(-c2ccc(Cl)cc2)o1)Nc1ccccc1SCC(F)(F)F. The van der Waals surface area contributed by atoms with Crippen LogP contribution in [0.5, 0.6) is 0 Å². The average molecular weight is 460 g/mol. The monoisotopic (exact) mass is 459 g/mol. The zero-order valence-corrected chi connectivity index (χ0v) is 17.0. The van der Waals surface area contributed by atoms with Gasteiger partial charge in [-0.3, -0.25) is 4.79 Å². The number of alkyl halides is 3. The summed E-state index contributed by atoms with van der Waals surface area (Å²) in [6, 6.07) is 13.2. The van der Waals surface area contributed by atoms with Crippen LogP contribution in [0.4, 0.5) is 18.9 Å². The standard InChI is InChI=1S/C18H13ClF3N3O2S2/c19-12-7-5-11(6-8-12)16-24-25-17(27-16)28-9-15(26)23-13-3-1-2-4-14(13)29-10-18(20,21)22/h1-8H,9-10H2,(H,23,26). The first-order chi connectivity index (χ1) is 13.8. The van der Waals surface area contributed by atoms with Gasteiger partial charge in [0.2, 0.25) is 11.8 Å². The van der Waals surface area contributed by atoms with Gasteiger partial charge in [-0.25, -0.2) is 0 Å². The molecule has 1 heterocycles. The summed E-state index contributed by atoms with van der Waals surface area (Å²) in [5, 5.41) is 11.2. The van der Waals surface area contributed by atoms with Gasteiger partial charge in [0.05, 0.1) is 17.2 Å². The zero-order chi connectivity index (χ0) is 20.9. The van der Waals surface area contributed by atoms with Crippen molar-refractivity contribution in [1.82, 2.24) is 10.2 Å². The van der Waals surface area contributed by atoms with E-state index < -0.39 is 17.8 Å². The normalized spacial score (nSPS) is 11.4. The van der Waals surface area contributed by atoms with Crippen LogP contribution in [0.2, 0.25) is 5.02 Å². The third-order valence-corrected chi connectivity index (χ3v) is 5.59. The van der Waals surface area contributed by atoms with Crippen LogP contribution in [0.15, 0.2) is 63.1 Å². The molecule has 1 N–H and O–H groups in total. The van der Waals surface area contributed by atoms with Crippen molar-refractivity contribution in [3.05, 3.63) is 53.6 Å². The molecular formula is C18H13ClF3N3O2S2. The molecule has 5 nitrogen and oxygen atoms in total. The molecule has 11 heteroatoms. The minimum atomic E-state index is -4.29. The van der Waals surface area contributed by atoms with Crippen LogP contribution < -0.4 is 5.32 Å². The molecule has 0 spiro atoms. The van der Waals surface area contributed by atoms with E-state index in [1.165, 1.54) is 6.07 Å². The van der Waals surface area contributed by atoms with E-state index in [4.69, 9.17) is 16.0 Å². The molecule has 29 heavy (non-hydrogen) atoms. The molecule has 1 aromatic heterocycles. The van der Waals surface area contributed by atoms with Crippen LogP contribution in [0, 0.1) is 0 Å². The van der Waals surface area contributed by atoms with Crippen LogP contribution in [-0.2, 0) is 4.79 Å². The number of carbonyl (C=O) groups is 1. The summed E-state index contributed by atoms with van der Waals surface area (Å²) in [5.74, 6) is -1.19. The van der Waals surface area contributed by atoms with Gasteiger partial charge >= 0.3 is 6.18 Å². The predicted octanol–water partition coefficient (Wildman–Crippen LogP) is 5.78. The Hall–Kier alpha value is -2.17. The summed E-state index contributed by atoms with van der Waals surface area (Å²) in [6.45, 7) is 0. The van der Waals surface area contributed by atoms with Crippen LogP contribution >= 0.6 is 35.1 Å². The van der Waals surface area contributed by atoms with Gasteiger partial charge in [0, 0.05) is 15.5 Å². The van der Waals surface area contributed by atoms with Crippen molar-refractivity contribution in [3.63, 3.8) is 0 Å². The fourth-order valence-electron chi connectivity index (χ4n) is 2.15. The first-order valence-electron chi connectivity index (χ1n) is 8.11. The molecule has 0 aliphatic rings. The van der Waals surface area contributed by atoms with Crippen molar-refractivity contribution in [2.75, 3.05) is 16.8 Å². The number of anilines is 1. The Morgan fingerprint density at radius 1 is 1.07 bits per heavy atom. The lowest BCUT2D eigenvalue weighted by atomic mass is 10.2. The molecule has 2 aromatic carbocycles. The summed E-state index contributed by atoms with van der Waals surface area (Å²) < 4.78 is 42.8. The average Bonchev–Trinajstić information content (AvgIpc) is 3.15. The number of hydrogen-bond acceptors (Lipinski definition) is 6. The molecule has 3 rings (SSSR count). The predicted molar refractivity (Wildman–Crippen MR) is 107 cm³/mol. The number of hydrogen-bond donors (Lipinski definition) is 1. The molecular weight excluding hydrogens is 447 g/mol. The van der Waals surface area contributed by atoms with Crippen molar-refractivity contribution in [2.45, 2.75) is 16.3 Å². The smallest absolute Gasteiger partial charge is 0.398 e. The van der Waals surface area contributed by atoms with Gasteiger partial charge in [0.1, 0.15) is 0 Å². The summed E-state index contributed by atoms with van der Waals surface area (Å²) in [5.41, 5.74) is 1.01. The van der Waals surface area contributed by atoms with Gasteiger partial charge in [-0.05, 0) is 36.4 Å². The second-order valence-corrected chi connectivity index (χ2v) is 8.00. The summed E-state index contributed by atoms with van der Waals surface area (Å²) in [6.07, 6.45) is -4.29. The molecule has 0 saturated heterocycles. The Bertz CT molecular complexity index is 981. The molecule has 0 saturated carbocycles. The van der Waals surface area contributed by atoms with E-state index in [2.05, 4.69) is 15.5 Å². The highest BCUT2D eigenvalue weighted by atomic mass is 35.5. The largest absolute Gasteiger partial charge is 0.411 e. The van der Waals surface area contributed by atoms with Gasteiger partial charge in [-0.15, -0.1) is 22.0 Å². The molecule has 0 atom stereocenters. The molecule has 0 aliphatic heterocycles. The minimum Gasteiger partial charge on any atom is -0.411 e. The fraction of sp³-hybridized carbons (Fsp3) is 0.167.